The lowest BCUT2D eigenvalue weighted by molar-refractivity contribution is 0.178. The minimum Gasteiger partial charge on any atom is -0.463 e. The number of imidazole rings is 1. The molecular weight excluding hydrogens is 328 g/mol. The van der Waals surface area contributed by atoms with Gasteiger partial charge in [-0.1, -0.05) is 12.1 Å². The number of likely N-dealkylation sites (tertiary alicyclic amines) is 1. The fraction of sp³-hybridized carbons (Fsp3) is 0.300. The monoisotopic (exact) mass is 348 g/mol. The van der Waals surface area contributed by atoms with Gasteiger partial charge >= 0.3 is 5.69 Å². The predicted octanol–water partition coefficient (Wildman–Crippen LogP) is 3.31. The molecule has 0 spiro atoms. The number of aromatic nitrogens is 3. The van der Waals surface area contributed by atoms with Gasteiger partial charge in [0, 0.05) is 31.1 Å². The second kappa shape index (κ2) is 6.14. The van der Waals surface area contributed by atoms with Crippen molar-refractivity contribution in [2.75, 3.05) is 13.1 Å². The molecule has 0 bridgehead atoms. The third-order valence-electron chi connectivity index (χ3n) is 5.33. The van der Waals surface area contributed by atoms with Crippen molar-refractivity contribution in [3.05, 3.63) is 65.0 Å². The van der Waals surface area contributed by atoms with Crippen LogP contribution >= 0.6 is 0 Å². The van der Waals surface area contributed by atoms with E-state index in [1.165, 1.54) is 0 Å². The normalized spacial score (nSPS) is 16.6. The van der Waals surface area contributed by atoms with Crippen molar-refractivity contribution in [3.63, 3.8) is 0 Å². The van der Waals surface area contributed by atoms with Gasteiger partial charge in [-0.2, -0.15) is 0 Å². The van der Waals surface area contributed by atoms with Crippen LogP contribution in [0.25, 0.3) is 22.0 Å². The molecule has 6 nitrogen and oxygen atoms in total. The molecule has 0 radical (unpaired) electrons. The van der Waals surface area contributed by atoms with Crippen molar-refractivity contribution in [2.45, 2.75) is 25.4 Å². The summed E-state index contributed by atoms with van der Waals surface area (Å²) < 4.78 is 7.29. The summed E-state index contributed by atoms with van der Waals surface area (Å²) in [4.78, 5) is 22.3. The summed E-state index contributed by atoms with van der Waals surface area (Å²) in [7, 11) is 0. The van der Waals surface area contributed by atoms with Crippen LogP contribution in [0.1, 0.15) is 24.6 Å². The number of piperidine rings is 1. The van der Waals surface area contributed by atoms with Gasteiger partial charge < -0.3 is 9.40 Å². The Morgan fingerprint density at radius 1 is 1.19 bits per heavy atom. The summed E-state index contributed by atoms with van der Waals surface area (Å²) in [5, 5.41) is 1.09. The Kier molecular flexibility index (Phi) is 3.64. The third-order valence-corrected chi connectivity index (χ3v) is 5.33. The van der Waals surface area contributed by atoms with Gasteiger partial charge in [0.2, 0.25) is 0 Å². The summed E-state index contributed by atoms with van der Waals surface area (Å²) in [6.07, 6.45) is 5.43. The lowest BCUT2D eigenvalue weighted by Crippen LogP contribution is -2.36. The van der Waals surface area contributed by atoms with E-state index in [2.05, 4.69) is 20.9 Å². The molecule has 1 fully saturated rings. The fourth-order valence-corrected chi connectivity index (χ4v) is 4.00. The number of para-hydroxylation sites is 2. The Morgan fingerprint density at radius 2 is 2.04 bits per heavy atom. The van der Waals surface area contributed by atoms with Crippen molar-refractivity contribution in [1.29, 1.82) is 0 Å². The zero-order valence-corrected chi connectivity index (χ0v) is 14.4. The smallest absolute Gasteiger partial charge is 0.326 e. The number of rotatable bonds is 3. The van der Waals surface area contributed by atoms with Crippen LogP contribution in [0.3, 0.4) is 0 Å². The maximum Gasteiger partial charge on any atom is 0.326 e. The summed E-state index contributed by atoms with van der Waals surface area (Å²) in [5.41, 5.74) is 3.80. The lowest BCUT2D eigenvalue weighted by Gasteiger charge is -2.32. The molecule has 0 saturated carbocycles. The SMILES string of the molecule is O=c1[nH]c2ccccc2n1C1CCN(Cc2cc3ccoc3cn2)CC1. The molecule has 1 N–H and O–H groups in total. The van der Waals surface area contributed by atoms with Crippen LogP contribution in [-0.2, 0) is 6.54 Å². The number of hydrogen-bond donors (Lipinski definition) is 1. The van der Waals surface area contributed by atoms with Crippen molar-refractivity contribution >= 4 is 22.0 Å². The lowest BCUT2D eigenvalue weighted by atomic mass is 10.0. The Bertz CT molecular complexity index is 1120. The van der Waals surface area contributed by atoms with E-state index in [0.717, 1.165) is 60.2 Å². The fourth-order valence-electron chi connectivity index (χ4n) is 4.00. The van der Waals surface area contributed by atoms with Gasteiger partial charge in [0.1, 0.15) is 0 Å². The molecule has 26 heavy (non-hydrogen) atoms. The summed E-state index contributed by atoms with van der Waals surface area (Å²) in [6, 6.07) is 12.2. The number of benzene rings is 1. The van der Waals surface area contributed by atoms with E-state index in [9.17, 15) is 4.79 Å². The molecule has 0 amide bonds. The van der Waals surface area contributed by atoms with E-state index in [-0.39, 0.29) is 11.7 Å². The molecule has 1 aromatic carbocycles. The molecule has 4 aromatic rings. The first kappa shape index (κ1) is 15.4. The Balaban J connectivity index is 1.31. The Morgan fingerprint density at radius 3 is 2.92 bits per heavy atom. The van der Waals surface area contributed by atoms with Crippen LogP contribution in [0.5, 0.6) is 0 Å². The number of hydrogen-bond acceptors (Lipinski definition) is 4. The zero-order valence-electron chi connectivity index (χ0n) is 14.4. The topological polar surface area (TPSA) is 67.1 Å². The number of nitrogens with one attached hydrogen (secondary N) is 1. The highest BCUT2D eigenvalue weighted by Gasteiger charge is 2.23. The predicted molar refractivity (Wildman–Crippen MR) is 100 cm³/mol. The first-order valence-electron chi connectivity index (χ1n) is 9.02. The second-order valence-corrected chi connectivity index (χ2v) is 6.96. The quantitative estimate of drug-likeness (QED) is 0.617. The largest absolute Gasteiger partial charge is 0.463 e. The molecule has 1 aliphatic rings. The van der Waals surface area contributed by atoms with Gasteiger partial charge in [0.25, 0.3) is 0 Å². The van der Waals surface area contributed by atoms with E-state index in [0.29, 0.717) is 0 Å². The second-order valence-electron chi connectivity index (χ2n) is 6.96. The molecule has 6 heteroatoms. The number of furan rings is 1. The standard InChI is InChI=1S/C20H20N4O2/c25-20-22-17-3-1-2-4-18(17)24(20)16-5-8-23(9-6-16)13-15-11-14-7-10-26-19(14)12-21-15/h1-4,7,10-12,16H,5-6,8-9,13H2,(H,22,25). The van der Waals surface area contributed by atoms with Gasteiger partial charge in [0.05, 0.1) is 29.2 Å². The van der Waals surface area contributed by atoms with Crippen LogP contribution < -0.4 is 5.69 Å². The first-order valence-corrected chi connectivity index (χ1v) is 9.02. The Hall–Kier alpha value is -2.86. The van der Waals surface area contributed by atoms with Gasteiger partial charge in [-0.3, -0.25) is 14.5 Å². The molecule has 0 aliphatic carbocycles. The molecular formula is C20H20N4O2. The molecule has 132 valence electrons. The van der Waals surface area contributed by atoms with E-state index in [1.54, 1.807) is 12.5 Å². The van der Waals surface area contributed by atoms with Crippen molar-refractivity contribution in [3.8, 4) is 0 Å². The van der Waals surface area contributed by atoms with Crippen LogP contribution in [0.15, 0.2) is 58.1 Å². The molecule has 3 aromatic heterocycles. The molecule has 1 saturated heterocycles. The highest BCUT2D eigenvalue weighted by Crippen LogP contribution is 2.26. The average molecular weight is 348 g/mol. The maximum atomic E-state index is 12.4. The molecule has 0 atom stereocenters. The first-order chi connectivity index (χ1) is 12.8. The minimum absolute atomic E-state index is 0.00303. The zero-order chi connectivity index (χ0) is 17.5. The van der Waals surface area contributed by atoms with E-state index in [1.807, 2.05) is 34.9 Å². The third kappa shape index (κ3) is 2.63. The summed E-state index contributed by atoms with van der Waals surface area (Å²) in [6.45, 7) is 2.75. The van der Waals surface area contributed by atoms with E-state index >= 15 is 0 Å². The van der Waals surface area contributed by atoms with Crippen LogP contribution in [0, 0.1) is 0 Å². The number of aromatic amines is 1. The van der Waals surface area contributed by atoms with Crippen LogP contribution in [0.2, 0.25) is 0 Å². The molecule has 4 heterocycles. The van der Waals surface area contributed by atoms with Crippen LogP contribution in [0.4, 0.5) is 0 Å². The summed E-state index contributed by atoms with van der Waals surface area (Å²) in [5.74, 6) is 0. The molecule has 1 aliphatic heterocycles. The average Bonchev–Trinajstić information content (AvgIpc) is 3.25. The van der Waals surface area contributed by atoms with Crippen molar-refractivity contribution in [1.82, 2.24) is 19.4 Å². The van der Waals surface area contributed by atoms with Gasteiger partial charge in [-0.05, 0) is 37.1 Å². The number of fused-ring (bicyclic) bond motifs is 2. The van der Waals surface area contributed by atoms with Crippen molar-refractivity contribution < 1.29 is 4.42 Å². The van der Waals surface area contributed by atoms with Crippen LogP contribution in [-0.4, -0.2) is 32.5 Å². The highest BCUT2D eigenvalue weighted by molar-refractivity contribution is 5.76. The molecule has 0 unspecified atom stereocenters. The minimum atomic E-state index is -0.00303. The summed E-state index contributed by atoms with van der Waals surface area (Å²) >= 11 is 0. The molecule has 5 rings (SSSR count). The van der Waals surface area contributed by atoms with Gasteiger partial charge in [-0.15, -0.1) is 0 Å². The Labute approximate surface area is 150 Å². The number of pyridine rings is 1. The van der Waals surface area contributed by atoms with E-state index < -0.39 is 0 Å². The van der Waals surface area contributed by atoms with Crippen molar-refractivity contribution in [2.24, 2.45) is 0 Å². The number of nitrogens with zero attached hydrogens (tertiary/aromatic N) is 3. The number of H-pyrrole nitrogens is 1. The van der Waals surface area contributed by atoms with E-state index in [4.69, 9.17) is 4.42 Å². The highest BCUT2D eigenvalue weighted by atomic mass is 16.3. The maximum absolute atomic E-state index is 12.4. The van der Waals surface area contributed by atoms with Gasteiger partial charge in [0.15, 0.2) is 5.58 Å². The van der Waals surface area contributed by atoms with Gasteiger partial charge in [-0.25, -0.2) is 4.79 Å².